The summed E-state index contributed by atoms with van der Waals surface area (Å²) in [6, 6.07) is 19.9. The summed E-state index contributed by atoms with van der Waals surface area (Å²) >= 11 is 6.00. The van der Waals surface area contributed by atoms with Crippen molar-refractivity contribution in [2.75, 3.05) is 0 Å². The molecule has 3 heteroatoms. The van der Waals surface area contributed by atoms with Crippen LogP contribution in [0.2, 0.25) is 0 Å². The van der Waals surface area contributed by atoms with Gasteiger partial charge in [-0.05, 0) is 29.8 Å². The first-order chi connectivity index (χ1) is 9.86. The molecule has 0 radical (unpaired) electrons. The van der Waals surface area contributed by atoms with Crippen LogP contribution < -0.4 is 0 Å². The van der Waals surface area contributed by atoms with Crippen molar-refractivity contribution in [3.8, 4) is 22.6 Å². The van der Waals surface area contributed by atoms with Crippen molar-refractivity contribution in [1.29, 1.82) is 0 Å². The van der Waals surface area contributed by atoms with Gasteiger partial charge in [-0.25, -0.2) is 4.98 Å². The predicted molar refractivity (Wildman–Crippen MR) is 82.5 cm³/mol. The van der Waals surface area contributed by atoms with Crippen molar-refractivity contribution >= 4 is 11.6 Å². The van der Waals surface area contributed by atoms with E-state index in [9.17, 15) is 0 Å². The maximum Gasteiger partial charge on any atom is 0.0896 e. The third-order valence-corrected chi connectivity index (χ3v) is 3.34. The molecule has 3 rings (SSSR count). The van der Waals surface area contributed by atoms with Crippen LogP contribution in [0, 0.1) is 0 Å². The van der Waals surface area contributed by atoms with Gasteiger partial charge in [-0.3, -0.25) is 4.98 Å². The van der Waals surface area contributed by atoms with Gasteiger partial charge in [0.2, 0.25) is 0 Å². The number of pyridine rings is 2. The van der Waals surface area contributed by atoms with Crippen molar-refractivity contribution in [3.63, 3.8) is 0 Å². The highest BCUT2D eigenvalue weighted by molar-refractivity contribution is 6.17. The molecule has 1 aromatic carbocycles. The Morgan fingerprint density at radius 3 is 2.25 bits per heavy atom. The summed E-state index contributed by atoms with van der Waals surface area (Å²) in [7, 11) is 0. The molecule has 0 spiro atoms. The van der Waals surface area contributed by atoms with Crippen LogP contribution in [0.5, 0.6) is 0 Å². The van der Waals surface area contributed by atoms with E-state index in [1.165, 1.54) is 0 Å². The lowest BCUT2D eigenvalue weighted by Crippen LogP contribution is -1.93. The number of benzene rings is 1. The smallest absolute Gasteiger partial charge is 0.0896 e. The van der Waals surface area contributed by atoms with Crippen LogP contribution in [0.15, 0.2) is 66.9 Å². The van der Waals surface area contributed by atoms with Gasteiger partial charge in [0, 0.05) is 17.6 Å². The summed E-state index contributed by atoms with van der Waals surface area (Å²) in [5.41, 5.74) is 4.75. The first-order valence-electron chi connectivity index (χ1n) is 6.40. The molecule has 0 aliphatic heterocycles. The van der Waals surface area contributed by atoms with Crippen LogP contribution >= 0.6 is 11.6 Å². The summed E-state index contributed by atoms with van der Waals surface area (Å²) in [5, 5.41) is 0. The van der Waals surface area contributed by atoms with Crippen molar-refractivity contribution < 1.29 is 0 Å². The molecule has 98 valence electrons. The minimum atomic E-state index is 0.461. The molecular weight excluding hydrogens is 268 g/mol. The standard InChI is InChI=1S/C17H13ClN2/c18-12-13-10-16(14-6-2-1-3-7-14)20-17(11-13)15-8-4-5-9-19-15/h1-11H,12H2. The Balaban J connectivity index is 2.13. The average Bonchev–Trinajstić information content (AvgIpc) is 2.56. The number of hydrogen-bond acceptors (Lipinski definition) is 2. The molecule has 0 saturated carbocycles. The lowest BCUT2D eigenvalue weighted by Gasteiger charge is -2.07. The SMILES string of the molecule is ClCc1cc(-c2ccccc2)nc(-c2ccccn2)c1. The Hall–Kier alpha value is -2.19. The minimum Gasteiger partial charge on any atom is -0.255 e. The molecule has 2 aromatic heterocycles. The van der Waals surface area contributed by atoms with Crippen molar-refractivity contribution in [2.45, 2.75) is 5.88 Å². The van der Waals surface area contributed by atoms with Crippen LogP contribution in [-0.2, 0) is 5.88 Å². The number of halogens is 1. The molecule has 0 aliphatic rings. The summed E-state index contributed by atoms with van der Waals surface area (Å²) in [6.07, 6.45) is 1.77. The molecule has 20 heavy (non-hydrogen) atoms. The normalized spacial score (nSPS) is 10.4. The zero-order valence-corrected chi connectivity index (χ0v) is 11.6. The van der Waals surface area contributed by atoms with Gasteiger partial charge in [-0.1, -0.05) is 36.4 Å². The third kappa shape index (κ3) is 2.70. The molecule has 0 aliphatic carbocycles. The topological polar surface area (TPSA) is 25.8 Å². The average molecular weight is 281 g/mol. The fourth-order valence-electron chi connectivity index (χ4n) is 2.07. The highest BCUT2D eigenvalue weighted by Crippen LogP contribution is 2.24. The summed E-state index contributed by atoms with van der Waals surface area (Å²) in [5.74, 6) is 0.461. The molecule has 0 unspecified atom stereocenters. The molecule has 2 heterocycles. The Kier molecular flexibility index (Phi) is 3.75. The van der Waals surface area contributed by atoms with E-state index in [1.54, 1.807) is 6.20 Å². The van der Waals surface area contributed by atoms with Gasteiger partial charge in [0.15, 0.2) is 0 Å². The fourth-order valence-corrected chi connectivity index (χ4v) is 2.22. The van der Waals surface area contributed by atoms with Crippen molar-refractivity contribution in [2.24, 2.45) is 0 Å². The molecule has 2 nitrogen and oxygen atoms in total. The van der Waals surface area contributed by atoms with Crippen LogP contribution in [0.3, 0.4) is 0 Å². The van der Waals surface area contributed by atoms with Gasteiger partial charge in [0.05, 0.1) is 17.1 Å². The molecule has 0 amide bonds. The van der Waals surface area contributed by atoms with Gasteiger partial charge in [0.1, 0.15) is 0 Å². The predicted octanol–water partition coefficient (Wildman–Crippen LogP) is 4.55. The number of nitrogens with zero attached hydrogens (tertiary/aromatic N) is 2. The summed E-state index contributed by atoms with van der Waals surface area (Å²) in [6.45, 7) is 0. The Labute approximate surface area is 123 Å². The highest BCUT2D eigenvalue weighted by atomic mass is 35.5. The first kappa shape index (κ1) is 12.8. The van der Waals surface area contributed by atoms with E-state index < -0.39 is 0 Å². The fraction of sp³-hybridized carbons (Fsp3) is 0.0588. The van der Waals surface area contributed by atoms with Crippen LogP contribution in [0.4, 0.5) is 0 Å². The quantitative estimate of drug-likeness (QED) is 0.658. The second kappa shape index (κ2) is 5.85. The largest absolute Gasteiger partial charge is 0.255 e. The molecule has 0 atom stereocenters. The van der Waals surface area contributed by atoms with E-state index in [1.807, 2.05) is 60.7 Å². The molecule has 0 N–H and O–H groups in total. The number of aromatic nitrogens is 2. The molecular formula is C17H13ClN2. The van der Waals surface area contributed by atoms with Gasteiger partial charge >= 0.3 is 0 Å². The maximum atomic E-state index is 6.00. The van der Waals surface area contributed by atoms with E-state index in [4.69, 9.17) is 16.6 Å². The van der Waals surface area contributed by atoms with Crippen LogP contribution in [0.25, 0.3) is 22.6 Å². The monoisotopic (exact) mass is 280 g/mol. The molecule has 0 fully saturated rings. The van der Waals surface area contributed by atoms with Crippen LogP contribution in [-0.4, -0.2) is 9.97 Å². The van der Waals surface area contributed by atoms with E-state index >= 15 is 0 Å². The number of alkyl halides is 1. The zero-order chi connectivity index (χ0) is 13.8. The lowest BCUT2D eigenvalue weighted by molar-refractivity contribution is 1.22. The van der Waals surface area contributed by atoms with Gasteiger partial charge in [-0.15, -0.1) is 11.6 Å². The Bertz CT molecular complexity index is 639. The van der Waals surface area contributed by atoms with Crippen molar-refractivity contribution in [1.82, 2.24) is 9.97 Å². The Morgan fingerprint density at radius 2 is 1.55 bits per heavy atom. The summed E-state index contributed by atoms with van der Waals surface area (Å²) in [4.78, 5) is 9.05. The lowest BCUT2D eigenvalue weighted by atomic mass is 10.1. The zero-order valence-electron chi connectivity index (χ0n) is 10.8. The molecule has 3 aromatic rings. The van der Waals surface area contributed by atoms with E-state index in [2.05, 4.69) is 4.98 Å². The van der Waals surface area contributed by atoms with Gasteiger partial charge < -0.3 is 0 Å². The van der Waals surface area contributed by atoms with Crippen LogP contribution in [0.1, 0.15) is 5.56 Å². The second-order valence-corrected chi connectivity index (χ2v) is 4.73. The molecule has 0 saturated heterocycles. The number of hydrogen-bond donors (Lipinski definition) is 0. The van der Waals surface area contributed by atoms with E-state index in [0.29, 0.717) is 5.88 Å². The van der Waals surface area contributed by atoms with Gasteiger partial charge in [-0.2, -0.15) is 0 Å². The minimum absolute atomic E-state index is 0.461. The van der Waals surface area contributed by atoms with Gasteiger partial charge in [0.25, 0.3) is 0 Å². The maximum absolute atomic E-state index is 6.00. The van der Waals surface area contributed by atoms with E-state index in [-0.39, 0.29) is 0 Å². The second-order valence-electron chi connectivity index (χ2n) is 4.46. The first-order valence-corrected chi connectivity index (χ1v) is 6.94. The summed E-state index contributed by atoms with van der Waals surface area (Å²) < 4.78 is 0. The van der Waals surface area contributed by atoms with Crippen molar-refractivity contribution in [3.05, 3.63) is 72.4 Å². The van der Waals surface area contributed by atoms with E-state index in [0.717, 1.165) is 28.2 Å². The third-order valence-electron chi connectivity index (χ3n) is 3.04. The highest BCUT2D eigenvalue weighted by Gasteiger charge is 2.07. The molecule has 0 bridgehead atoms. The Morgan fingerprint density at radius 1 is 0.800 bits per heavy atom. The number of rotatable bonds is 3.